The molecule has 2 amide bonds. The van der Waals surface area contributed by atoms with Gasteiger partial charge in [-0.25, -0.2) is 4.79 Å². The van der Waals surface area contributed by atoms with E-state index in [2.05, 4.69) is 5.32 Å². The van der Waals surface area contributed by atoms with Crippen LogP contribution in [0.25, 0.3) is 6.08 Å². The minimum Gasteiger partial charge on any atom is -0.488 e. The number of rotatable bonds is 4. The van der Waals surface area contributed by atoms with Gasteiger partial charge in [0.1, 0.15) is 18.0 Å². The number of carbonyl (C=O) groups is 2. The molecular weight excluding hydrogens is 404 g/mol. The van der Waals surface area contributed by atoms with E-state index in [0.717, 1.165) is 29.7 Å². The first kappa shape index (κ1) is 22.2. The maximum Gasteiger partial charge on any atom is 0.410 e. The van der Waals surface area contributed by atoms with E-state index in [9.17, 15) is 9.59 Å². The predicted octanol–water partition coefficient (Wildman–Crippen LogP) is 4.44. The average molecular weight is 433 g/mol. The number of likely N-dealkylation sites (tertiary alicyclic amines) is 1. The van der Waals surface area contributed by atoms with Crippen LogP contribution in [-0.2, 0) is 9.53 Å². The Balaban J connectivity index is 1.48. The Bertz CT molecular complexity index is 857. The Labute approximate surface area is 182 Å². The van der Waals surface area contributed by atoms with Crippen molar-refractivity contribution in [1.29, 1.82) is 0 Å². The predicted molar refractivity (Wildman–Crippen MR) is 118 cm³/mol. The molecule has 7 heteroatoms. The standard InChI is InChI=1S/C23H29ClN2O4/c1-23(2,3)30-22(28)26-10-4-5-17(14-26)13-25-21(27)9-6-16-11-18-12-19(24)7-8-20(18)29-15-16/h6-9,11-12,17H,4-5,10,13-15H2,1-3H3,(H,25,27). The van der Waals surface area contributed by atoms with Gasteiger partial charge in [-0.3, -0.25) is 4.79 Å². The van der Waals surface area contributed by atoms with Gasteiger partial charge in [0.15, 0.2) is 0 Å². The number of benzene rings is 1. The van der Waals surface area contributed by atoms with Crippen LogP contribution in [0.1, 0.15) is 39.2 Å². The Hall–Kier alpha value is -2.47. The van der Waals surface area contributed by atoms with Crippen molar-refractivity contribution in [3.8, 4) is 5.75 Å². The summed E-state index contributed by atoms with van der Waals surface area (Å²) in [5, 5.41) is 3.58. The molecule has 1 aromatic carbocycles. The van der Waals surface area contributed by atoms with E-state index < -0.39 is 5.60 Å². The number of piperidine rings is 1. The minimum atomic E-state index is -0.508. The highest BCUT2D eigenvalue weighted by Gasteiger charge is 2.27. The normalized spacial score (nSPS) is 19.0. The number of amides is 2. The first-order valence-corrected chi connectivity index (χ1v) is 10.6. The van der Waals surface area contributed by atoms with Gasteiger partial charge in [0, 0.05) is 36.3 Å². The van der Waals surface area contributed by atoms with Gasteiger partial charge in [0.2, 0.25) is 5.91 Å². The Kier molecular flexibility index (Phi) is 7.08. The third-order valence-electron chi connectivity index (χ3n) is 4.89. The lowest BCUT2D eigenvalue weighted by Crippen LogP contribution is -2.45. The summed E-state index contributed by atoms with van der Waals surface area (Å²) in [6, 6.07) is 5.47. The first-order chi connectivity index (χ1) is 14.2. The smallest absolute Gasteiger partial charge is 0.410 e. The summed E-state index contributed by atoms with van der Waals surface area (Å²) in [5.41, 5.74) is 1.29. The Morgan fingerprint density at radius 3 is 2.93 bits per heavy atom. The van der Waals surface area contributed by atoms with E-state index in [1.165, 1.54) is 6.08 Å². The molecule has 6 nitrogen and oxygen atoms in total. The fourth-order valence-electron chi connectivity index (χ4n) is 3.47. The molecule has 3 rings (SSSR count). The quantitative estimate of drug-likeness (QED) is 0.714. The van der Waals surface area contributed by atoms with Crippen LogP contribution in [0.4, 0.5) is 4.79 Å². The number of hydrogen-bond donors (Lipinski definition) is 1. The number of nitrogens with zero attached hydrogens (tertiary/aromatic N) is 1. The van der Waals surface area contributed by atoms with E-state index in [0.29, 0.717) is 31.3 Å². The van der Waals surface area contributed by atoms with Crippen LogP contribution in [0.3, 0.4) is 0 Å². The summed E-state index contributed by atoms with van der Waals surface area (Å²) >= 11 is 6.03. The van der Waals surface area contributed by atoms with Crippen molar-refractivity contribution < 1.29 is 19.1 Å². The molecule has 2 aliphatic heterocycles. The van der Waals surface area contributed by atoms with Crippen molar-refractivity contribution in [2.24, 2.45) is 5.92 Å². The van der Waals surface area contributed by atoms with Crippen LogP contribution >= 0.6 is 11.6 Å². The summed E-state index contributed by atoms with van der Waals surface area (Å²) < 4.78 is 11.1. The molecule has 0 spiro atoms. The molecule has 30 heavy (non-hydrogen) atoms. The van der Waals surface area contributed by atoms with Gasteiger partial charge in [0.05, 0.1) is 0 Å². The van der Waals surface area contributed by atoms with Gasteiger partial charge in [0.25, 0.3) is 0 Å². The highest BCUT2D eigenvalue weighted by atomic mass is 35.5. The molecule has 1 saturated heterocycles. The van der Waals surface area contributed by atoms with Gasteiger partial charge in [-0.2, -0.15) is 0 Å². The van der Waals surface area contributed by atoms with Gasteiger partial charge in [-0.05, 0) is 69.4 Å². The van der Waals surface area contributed by atoms with Crippen molar-refractivity contribution in [3.63, 3.8) is 0 Å². The highest BCUT2D eigenvalue weighted by Crippen LogP contribution is 2.29. The van der Waals surface area contributed by atoms with Crippen LogP contribution in [0.15, 0.2) is 35.9 Å². The molecule has 1 atom stereocenters. The summed E-state index contributed by atoms with van der Waals surface area (Å²) in [7, 11) is 0. The second kappa shape index (κ2) is 9.56. The van der Waals surface area contributed by atoms with Crippen LogP contribution < -0.4 is 10.1 Å². The zero-order chi connectivity index (χ0) is 21.7. The number of fused-ring (bicyclic) bond motifs is 1. The van der Waals surface area contributed by atoms with Crippen molar-refractivity contribution in [2.75, 3.05) is 26.2 Å². The number of hydrogen-bond acceptors (Lipinski definition) is 4. The summed E-state index contributed by atoms with van der Waals surface area (Å²) in [4.78, 5) is 26.2. The first-order valence-electron chi connectivity index (χ1n) is 10.3. The zero-order valence-electron chi connectivity index (χ0n) is 17.7. The molecule has 1 unspecified atom stereocenters. The number of halogens is 1. The summed E-state index contributed by atoms with van der Waals surface area (Å²) in [6.07, 6.45) is 6.82. The van der Waals surface area contributed by atoms with E-state index in [4.69, 9.17) is 21.1 Å². The number of carbonyl (C=O) groups excluding carboxylic acids is 2. The molecule has 0 radical (unpaired) electrons. The Morgan fingerprint density at radius 1 is 1.37 bits per heavy atom. The average Bonchev–Trinajstić information content (AvgIpc) is 2.69. The molecular formula is C23H29ClN2O4. The molecule has 2 heterocycles. The third kappa shape index (κ3) is 6.52. The molecule has 2 aliphatic rings. The van der Waals surface area contributed by atoms with E-state index in [1.54, 1.807) is 17.0 Å². The number of ether oxygens (including phenoxy) is 2. The molecule has 0 aliphatic carbocycles. The zero-order valence-corrected chi connectivity index (χ0v) is 18.5. The van der Waals surface area contributed by atoms with Crippen LogP contribution in [-0.4, -0.2) is 48.7 Å². The van der Waals surface area contributed by atoms with Crippen LogP contribution in [0, 0.1) is 5.92 Å². The highest BCUT2D eigenvalue weighted by molar-refractivity contribution is 6.30. The van der Waals surface area contributed by atoms with Gasteiger partial charge >= 0.3 is 6.09 Å². The second-order valence-corrected chi connectivity index (χ2v) is 9.14. The molecule has 1 aromatic rings. The van der Waals surface area contributed by atoms with Crippen molar-refractivity contribution in [1.82, 2.24) is 10.2 Å². The lowest BCUT2D eigenvalue weighted by atomic mass is 9.98. The van der Waals surface area contributed by atoms with E-state index in [1.807, 2.05) is 39.0 Å². The molecule has 1 N–H and O–H groups in total. The number of nitrogens with one attached hydrogen (secondary N) is 1. The fourth-order valence-corrected chi connectivity index (χ4v) is 3.65. The summed E-state index contributed by atoms with van der Waals surface area (Å²) in [6.45, 7) is 7.80. The molecule has 0 aromatic heterocycles. The minimum absolute atomic E-state index is 0.165. The maximum atomic E-state index is 12.3. The Morgan fingerprint density at radius 2 is 2.17 bits per heavy atom. The third-order valence-corrected chi connectivity index (χ3v) is 5.13. The van der Waals surface area contributed by atoms with Crippen LogP contribution in [0.2, 0.25) is 5.02 Å². The van der Waals surface area contributed by atoms with E-state index in [-0.39, 0.29) is 17.9 Å². The second-order valence-electron chi connectivity index (χ2n) is 8.70. The monoisotopic (exact) mass is 432 g/mol. The topological polar surface area (TPSA) is 67.9 Å². The fraction of sp³-hybridized carbons (Fsp3) is 0.478. The van der Waals surface area contributed by atoms with Gasteiger partial charge < -0.3 is 19.7 Å². The van der Waals surface area contributed by atoms with Crippen molar-refractivity contribution >= 4 is 29.7 Å². The van der Waals surface area contributed by atoms with Crippen molar-refractivity contribution in [2.45, 2.75) is 39.2 Å². The lowest BCUT2D eigenvalue weighted by molar-refractivity contribution is -0.116. The maximum absolute atomic E-state index is 12.3. The molecule has 0 bridgehead atoms. The SMILES string of the molecule is CC(C)(C)OC(=O)N1CCCC(CNC(=O)C=CC2=Cc3cc(Cl)ccc3OC2)C1. The summed E-state index contributed by atoms with van der Waals surface area (Å²) in [5.74, 6) is 0.838. The molecule has 1 fully saturated rings. The van der Waals surface area contributed by atoms with Gasteiger partial charge in [-0.15, -0.1) is 0 Å². The molecule has 0 saturated carbocycles. The largest absolute Gasteiger partial charge is 0.488 e. The van der Waals surface area contributed by atoms with E-state index >= 15 is 0 Å². The van der Waals surface area contributed by atoms with Gasteiger partial charge in [-0.1, -0.05) is 17.7 Å². The van der Waals surface area contributed by atoms with Crippen LogP contribution in [0.5, 0.6) is 5.75 Å². The molecule has 162 valence electrons. The van der Waals surface area contributed by atoms with Crippen molar-refractivity contribution in [3.05, 3.63) is 46.5 Å². The lowest BCUT2D eigenvalue weighted by Gasteiger charge is -2.34.